The van der Waals surface area contributed by atoms with E-state index in [9.17, 15) is 14.7 Å². The molecule has 0 unspecified atom stereocenters. The number of rotatable bonds is 14. The zero-order chi connectivity index (χ0) is 31.2. The Bertz CT molecular complexity index is 1240. The predicted octanol–water partition coefficient (Wildman–Crippen LogP) is 6.75. The number of hydrogen-bond acceptors (Lipinski definition) is 6. The Morgan fingerprint density at radius 2 is 1.42 bits per heavy atom. The fourth-order valence-electron chi connectivity index (χ4n) is 4.35. The highest BCUT2D eigenvalue weighted by Gasteiger charge is 2.29. The average molecular weight is 591 g/mol. The van der Waals surface area contributed by atoms with Gasteiger partial charge in [0.05, 0.1) is 18.7 Å². The number of hydrogen-bond donors (Lipinski definition) is 2. The van der Waals surface area contributed by atoms with Crippen LogP contribution >= 0.6 is 0 Å². The lowest BCUT2D eigenvalue weighted by atomic mass is 10.00. The number of amides is 2. The molecule has 0 aliphatic heterocycles. The highest BCUT2D eigenvalue weighted by molar-refractivity contribution is 5.69. The van der Waals surface area contributed by atoms with Gasteiger partial charge >= 0.3 is 12.2 Å². The van der Waals surface area contributed by atoms with Crippen molar-refractivity contribution in [2.45, 2.75) is 78.4 Å². The van der Waals surface area contributed by atoms with Crippen LogP contribution in [0.5, 0.6) is 5.75 Å². The summed E-state index contributed by atoms with van der Waals surface area (Å²) in [5.74, 6) is 0.905. The molecule has 8 nitrogen and oxygen atoms in total. The van der Waals surface area contributed by atoms with Crippen LogP contribution in [0.2, 0.25) is 0 Å². The van der Waals surface area contributed by atoms with Gasteiger partial charge in [-0.15, -0.1) is 0 Å². The van der Waals surface area contributed by atoms with E-state index < -0.39 is 29.9 Å². The molecule has 0 aliphatic carbocycles. The first-order chi connectivity index (χ1) is 20.5. The summed E-state index contributed by atoms with van der Waals surface area (Å²) in [6.07, 6.45) is -1.07. The van der Waals surface area contributed by atoms with E-state index in [1.54, 1.807) is 20.8 Å². The molecule has 8 heteroatoms. The van der Waals surface area contributed by atoms with Gasteiger partial charge in [0, 0.05) is 6.54 Å². The molecule has 0 aromatic heterocycles. The first-order valence-electron chi connectivity index (χ1n) is 14.9. The van der Waals surface area contributed by atoms with Crippen molar-refractivity contribution >= 4 is 12.2 Å². The van der Waals surface area contributed by atoms with Crippen molar-refractivity contribution in [3.05, 3.63) is 102 Å². The van der Waals surface area contributed by atoms with Crippen molar-refractivity contribution in [2.24, 2.45) is 5.92 Å². The number of nitrogens with zero attached hydrogens (tertiary/aromatic N) is 1. The Hall–Kier alpha value is -4.04. The monoisotopic (exact) mass is 590 g/mol. The molecule has 0 heterocycles. The third-order valence-electron chi connectivity index (χ3n) is 6.89. The molecule has 3 aromatic carbocycles. The van der Waals surface area contributed by atoms with Gasteiger partial charge in [0.1, 0.15) is 24.6 Å². The van der Waals surface area contributed by atoms with E-state index in [1.807, 2.05) is 91.9 Å². The smallest absolute Gasteiger partial charge is 0.410 e. The topological polar surface area (TPSA) is 97.3 Å². The van der Waals surface area contributed by atoms with E-state index in [-0.39, 0.29) is 19.1 Å². The first-order valence-corrected chi connectivity index (χ1v) is 14.9. The van der Waals surface area contributed by atoms with Crippen molar-refractivity contribution in [1.29, 1.82) is 0 Å². The van der Waals surface area contributed by atoms with Crippen LogP contribution in [0, 0.1) is 5.92 Å². The van der Waals surface area contributed by atoms with Crippen molar-refractivity contribution in [1.82, 2.24) is 10.2 Å². The Labute approximate surface area is 256 Å². The largest absolute Gasteiger partial charge is 0.489 e. The molecule has 3 atom stereocenters. The van der Waals surface area contributed by atoms with E-state index in [1.165, 1.54) is 4.90 Å². The zero-order valence-corrected chi connectivity index (χ0v) is 26.0. The summed E-state index contributed by atoms with van der Waals surface area (Å²) in [5.41, 5.74) is 2.12. The average Bonchev–Trinajstić information content (AvgIpc) is 2.98. The van der Waals surface area contributed by atoms with Crippen molar-refractivity contribution in [3.8, 4) is 5.75 Å². The molecule has 0 spiro atoms. The lowest BCUT2D eigenvalue weighted by Crippen LogP contribution is -2.52. The molecule has 2 amide bonds. The van der Waals surface area contributed by atoms with Crippen molar-refractivity contribution < 1.29 is 28.9 Å². The number of carbonyl (C=O) groups is 2. The predicted molar refractivity (Wildman–Crippen MR) is 168 cm³/mol. The van der Waals surface area contributed by atoms with E-state index in [0.29, 0.717) is 25.3 Å². The van der Waals surface area contributed by atoms with Crippen LogP contribution in [-0.2, 0) is 29.1 Å². The highest BCUT2D eigenvalue weighted by Crippen LogP contribution is 2.18. The van der Waals surface area contributed by atoms with Crippen molar-refractivity contribution in [2.75, 3.05) is 13.1 Å². The maximum absolute atomic E-state index is 13.2. The molecular weight excluding hydrogens is 544 g/mol. The summed E-state index contributed by atoms with van der Waals surface area (Å²) in [7, 11) is 0. The van der Waals surface area contributed by atoms with E-state index in [2.05, 4.69) is 12.2 Å². The molecule has 3 rings (SSSR count). The van der Waals surface area contributed by atoms with Crippen LogP contribution in [0.25, 0.3) is 0 Å². The molecule has 0 fully saturated rings. The second-order valence-corrected chi connectivity index (χ2v) is 11.9. The number of aliphatic hydroxyl groups excluding tert-OH is 1. The minimum absolute atomic E-state index is 0.0172. The third-order valence-corrected chi connectivity index (χ3v) is 6.89. The summed E-state index contributed by atoms with van der Waals surface area (Å²) in [6.45, 7) is 10.4. The van der Waals surface area contributed by atoms with Gasteiger partial charge in [-0.1, -0.05) is 93.1 Å². The maximum Gasteiger partial charge on any atom is 0.410 e. The summed E-state index contributed by atoms with van der Waals surface area (Å²) < 4.78 is 17.0. The molecular formula is C35H46N2O6. The van der Waals surface area contributed by atoms with E-state index >= 15 is 0 Å². The van der Waals surface area contributed by atoms with Gasteiger partial charge in [-0.3, -0.25) is 0 Å². The van der Waals surface area contributed by atoms with Gasteiger partial charge < -0.3 is 29.5 Å². The zero-order valence-electron chi connectivity index (χ0n) is 26.0. The Morgan fingerprint density at radius 3 is 1.98 bits per heavy atom. The lowest BCUT2D eigenvalue weighted by molar-refractivity contribution is 0.0320. The molecule has 0 radical (unpaired) electrons. The summed E-state index contributed by atoms with van der Waals surface area (Å²) in [5, 5.41) is 14.3. The number of alkyl carbamates (subject to hydrolysis) is 1. The molecule has 2 N–H and O–H groups in total. The maximum atomic E-state index is 13.2. The Morgan fingerprint density at radius 1 is 0.837 bits per heavy atom. The minimum atomic E-state index is -1.09. The van der Waals surface area contributed by atoms with Crippen LogP contribution in [0.1, 0.15) is 57.7 Å². The summed E-state index contributed by atoms with van der Waals surface area (Å²) in [6, 6.07) is 26.2. The van der Waals surface area contributed by atoms with Gasteiger partial charge in [0.15, 0.2) is 0 Å². The molecule has 3 aromatic rings. The van der Waals surface area contributed by atoms with Gasteiger partial charge in [-0.2, -0.15) is 0 Å². The SMILES string of the molecule is CC[C@H](C)CN(C[C@@H](O)[C@@H](Cc1ccc(OCc2ccccc2)cc1)NC(=O)OC(C)(C)C)C(=O)OCc1ccccc1. The molecule has 0 aliphatic rings. The number of ether oxygens (including phenoxy) is 3. The lowest BCUT2D eigenvalue weighted by Gasteiger charge is -2.31. The van der Waals surface area contributed by atoms with Crippen molar-refractivity contribution in [3.63, 3.8) is 0 Å². The number of nitrogens with one attached hydrogen (secondary N) is 1. The van der Waals surface area contributed by atoms with Crippen LogP contribution < -0.4 is 10.1 Å². The Kier molecular flexibility index (Phi) is 12.9. The quantitative estimate of drug-likeness (QED) is 0.216. The fraction of sp³-hybridized carbons (Fsp3) is 0.429. The van der Waals surface area contributed by atoms with E-state index in [0.717, 1.165) is 23.1 Å². The third kappa shape index (κ3) is 12.4. The molecule has 0 saturated heterocycles. The normalized spacial score (nSPS) is 13.3. The highest BCUT2D eigenvalue weighted by atomic mass is 16.6. The van der Waals surface area contributed by atoms with Gasteiger partial charge in [0.25, 0.3) is 0 Å². The summed E-state index contributed by atoms with van der Waals surface area (Å²) >= 11 is 0. The van der Waals surface area contributed by atoms with Gasteiger partial charge in [-0.25, -0.2) is 9.59 Å². The van der Waals surface area contributed by atoms with Crippen LogP contribution in [0.15, 0.2) is 84.9 Å². The van der Waals surface area contributed by atoms with Gasteiger partial charge in [0.2, 0.25) is 0 Å². The number of aliphatic hydroxyl groups is 1. The molecule has 43 heavy (non-hydrogen) atoms. The van der Waals surface area contributed by atoms with Crippen LogP contribution in [-0.4, -0.2) is 53.0 Å². The van der Waals surface area contributed by atoms with E-state index in [4.69, 9.17) is 14.2 Å². The standard InChI is InChI=1S/C35H46N2O6/c1-6-26(2)22-37(34(40)42-25-29-15-11-8-12-16-29)23-32(38)31(36-33(39)43-35(3,4)5)21-27-17-19-30(20-18-27)41-24-28-13-9-7-10-14-28/h7-20,26,31-32,38H,6,21-25H2,1-5H3,(H,36,39)/t26-,31+,32+/m0/s1. The molecule has 232 valence electrons. The first kappa shape index (κ1) is 33.5. The summed E-state index contributed by atoms with van der Waals surface area (Å²) in [4.78, 5) is 27.5. The fourth-order valence-corrected chi connectivity index (χ4v) is 4.35. The number of carbonyl (C=O) groups excluding carboxylic acids is 2. The Balaban J connectivity index is 1.71. The minimum Gasteiger partial charge on any atom is -0.489 e. The van der Waals surface area contributed by atoms with Gasteiger partial charge in [-0.05, 0) is 61.9 Å². The number of benzene rings is 3. The van der Waals surface area contributed by atoms with Crippen LogP contribution in [0.4, 0.5) is 9.59 Å². The molecule has 0 saturated carbocycles. The second kappa shape index (κ2) is 16.6. The van der Waals surface area contributed by atoms with Crippen LogP contribution in [0.3, 0.4) is 0 Å². The molecule has 0 bridgehead atoms. The second-order valence-electron chi connectivity index (χ2n) is 11.9.